The number of nitrogens with zero attached hydrogens (tertiary/aromatic N) is 2. The Morgan fingerprint density at radius 1 is 1.39 bits per heavy atom. The highest BCUT2D eigenvalue weighted by Gasteiger charge is 2.19. The number of aromatic nitrogens is 1. The van der Waals surface area contributed by atoms with E-state index in [0.29, 0.717) is 5.56 Å². The fourth-order valence-electron chi connectivity index (χ4n) is 2.23. The normalized spacial score (nSPS) is 14.3. The molecule has 2 aromatic rings. The number of rotatable bonds is 2. The van der Waals surface area contributed by atoms with E-state index in [9.17, 15) is 4.79 Å². The molecule has 0 bridgehead atoms. The Kier molecular flexibility index (Phi) is 2.76. The molecule has 5 heteroatoms. The summed E-state index contributed by atoms with van der Waals surface area (Å²) in [6.45, 7) is 1.68. The van der Waals surface area contributed by atoms with E-state index in [1.165, 1.54) is 5.56 Å². The Balaban J connectivity index is 1.91. The number of hydrogen-bond donors (Lipinski definition) is 1. The van der Waals surface area contributed by atoms with Crippen LogP contribution in [0.2, 0.25) is 0 Å². The summed E-state index contributed by atoms with van der Waals surface area (Å²) in [6.07, 6.45) is 2.73. The van der Waals surface area contributed by atoms with Crippen LogP contribution in [0, 0.1) is 0 Å². The summed E-state index contributed by atoms with van der Waals surface area (Å²) in [6, 6.07) is 5.38. The maximum absolute atomic E-state index is 11.0. The van der Waals surface area contributed by atoms with E-state index in [4.69, 9.17) is 5.11 Å². The first-order chi connectivity index (χ1) is 8.74. The van der Waals surface area contributed by atoms with E-state index >= 15 is 0 Å². The Labute approximate surface area is 109 Å². The molecule has 0 saturated heterocycles. The molecule has 0 radical (unpaired) electrons. The van der Waals surface area contributed by atoms with Gasteiger partial charge in [-0.1, -0.05) is 6.07 Å². The summed E-state index contributed by atoms with van der Waals surface area (Å²) in [7, 11) is 0. The molecule has 4 nitrogen and oxygen atoms in total. The van der Waals surface area contributed by atoms with Crippen LogP contribution in [0.3, 0.4) is 0 Å². The van der Waals surface area contributed by atoms with E-state index in [2.05, 4.69) is 9.88 Å². The zero-order valence-corrected chi connectivity index (χ0v) is 10.5. The van der Waals surface area contributed by atoms with Crippen molar-refractivity contribution in [2.24, 2.45) is 0 Å². The number of hydrogen-bond acceptors (Lipinski definition) is 4. The van der Waals surface area contributed by atoms with Gasteiger partial charge in [0.1, 0.15) is 0 Å². The standard InChI is InChI=1S/C13H12N2O2S/c16-12(17)10-2-1-9-3-5-15(8-11(9)7-10)13-14-4-6-18-13/h1-2,4,6-7H,3,5,8H2,(H,16,17). The quantitative estimate of drug-likeness (QED) is 0.901. The molecule has 3 rings (SSSR count). The van der Waals surface area contributed by atoms with E-state index < -0.39 is 5.97 Å². The van der Waals surface area contributed by atoms with Crippen molar-refractivity contribution in [1.82, 2.24) is 4.98 Å². The summed E-state index contributed by atoms with van der Waals surface area (Å²) >= 11 is 1.61. The summed E-state index contributed by atoms with van der Waals surface area (Å²) in [5.41, 5.74) is 2.69. The number of carbonyl (C=O) groups is 1. The van der Waals surface area contributed by atoms with Gasteiger partial charge in [0.15, 0.2) is 5.13 Å². The second kappa shape index (κ2) is 4.42. The van der Waals surface area contributed by atoms with Crippen LogP contribution in [0.4, 0.5) is 5.13 Å². The van der Waals surface area contributed by atoms with Gasteiger partial charge in [0.2, 0.25) is 0 Å². The molecule has 0 amide bonds. The van der Waals surface area contributed by atoms with Gasteiger partial charge in [-0.15, -0.1) is 11.3 Å². The molecule has 1 aromatic carbocycles. The van der Waals surface area contributed by atoms with Crippen LogP contribution in [0.15, 0.2) is 29.8 Å². The van der Waals surface area contributed by atoms with Crippen molar-refractivity contribution in [2.75, 3.05) is 11.4 Å². The number of benzene rings is 1. The van der Waals surface area contributed by atoms with Crippen molar-refractivity contribution in [1.29, 1.82) is 0 Å². The number of fused-ring (bicyclic) bond motifs is 1. The van der Waals surface area contributed by atoms with Crippen molar-refractivity contribution in [2.45, 2.75) is 13.0 Å². The summed E-state index contributed by atoms with van der Waals surface area (Å²) < 4.78 is 0. The maximum atomic E-state index is 11.0. The molecule has 1 aromatic heterocycles. The predicted octanol–water partition coefficient (Wildman–Crippen LogP) is 2.40. The molecule has 0 unspecified atom stereocenters. The van der Waals surface area contributed by atoms with Crippen molar-refractivity contribution in [3.8, 4) is 0 Å². The zero-order valence-electron chi connectivity index (χ0n) is 9.67. The average Bonchev–Trinajstić information content (AvgIpc) is 2.91. The number of thiazole rings is 1. The molecule has 0 fully saturated rings. The summed E-state index contributed by atoms with van der Waals surface area (Å²) in [5, 5.41) is 12.0. The molecule has 1 aliphatic heterocycles. The van der Waals surface area contributed by atoms with Gasteiger partial charge in [-0.2, -0.15) is 0 Å². The molecule has 0 atom stereocenters. The van der Waals surface area contributed by atoms with E-state index in [1.807, 2.05) is 11.4 Å². The lowest BCUT2D eigenvalue weighted by atomic mass is 9.98. The van der Waals surface area contributed by atoms with Gasteiger partial charge < -0.3 is 10.0 Å². The molecular weight excluding hydrogens is 248 g/mol. The Morgan fingerprint density at radius 3 is 3.00 bits per heavy atom. The minimum Gasteiger partial charge on any atom is -0.478 e. The van der Waals surface area contributed by atoms with Crippen molar-refractivity contribution in [3.05, 3.63) is 46.5 Å². The summed E-state index contributed by atoms with van der Waals surface area (Å²) in [4.78, 5) is 17.5. The van der Waals surface area contributed by atoms with Gasteiger partial charge >= 0.3 is 5.97 Å². The van der Waals surface area contributed by atoms with Gasteiger partial charge in [-0.05, 0) is 29.7 Å². The van der Waals surface area contributed by atoms with Crippen LogP contribution < -0.4 is 4.90 Å². The predicted molar refractivity (Wildman–Crippen MR) is 70.3 cm³/mol. The second-order valence-electron chi connectivity index (χ2n) is 4.27. The molecular formula is C13H12N2O2S. The third-order valence-electron chi connectivity index (χ3n) is 3.16. The van der Waals surface area contributed by atoms with Gasteiger partial charge in [-0.3, -0.25) is 0 Å². The van der Waals surface area contributed by atoms with Crippen LogP contribution in [-0.4, -0.2) is 22.6 Å². The monoisotopic (exact) mass is 260 g/mol. The van der Waals surface area contributed by atoms with Crippen LogP contribution in [0.1, 0.15) is 21.5 Å². The van der Waals surface area contributed by atoms with Crippen molar-refractivity contribution < 1.29 is 9.90 Å². The summed E-state index contributed by atoms with van der Waals surface area (Å²) in [5.74, 6) is -0.871. The molecule has 18 heavy (non-hydrogen) atoms. The largest absolute Gasteiger partial charge is 0.478 e. The lowest BCUT2D eigenvalue weighted by Crippen LogP contribution is -2.30. The first-order valence-corrected chi connectivity index (χ1v) is 6.61. The molecule has 92 valence electrons. The fourth-order valence-corrected chi connectivity index (χ4v) is 2.90. The number of aromatic carboxylic acids is 1. The number of carboxylic acid groups (broad SMARTS) is 1. The third kappa shape index (κ3) is 1.97. The van der Waals surface area contributed by atoms with E-state index in [1.54, 1.807) is 29.7 Å². The van der Waals surface area contributed by atoms with Crippen LogP contribution in [0.5, 0.6) is 0 Å². The van der Waals surface area contributed by atoms with Gasteiger partial charge in [0.05, 0.1) is 5.56 Å². The van der Waals surface area contributed by atoms with Crippen molar-refractivity contribution >= 4 is 22.4 Å². The SMILES string of the molecule is O=C(O)c1ccc2c(c1)CN(c1nccs1)CC2. The van der Waals surface area contributed by atoms with Crippen LogP contribution >= 0.6 is 11.3 Å². The third-order valence-corrected chi connectivity index (χ3v) is 3.99. The highest BCUT2D eigenvalue weighted by atomic mass is 32.1. The first kappa shape index (κ1) is 11.2. The lowest BCUT2D eigenvalue weighted by molar-refractivity contribution is 0.0696. The molecule has 0 spiro atoms. The van der Waals surface area contributed by atoms with Crippen LogP contribution in [-0.2, 0) is 13.0 Å². The minimum absolute atomic E-state index is 0.356. The zero-order chi connectivity index (χ0) is 12.5. The highest BCUT2D eigenvalue weighted by molar-refractivity contribution is 7.13. The molecule has 0 aliphatic carbocycles. The first-order valence-electron chi connectivity index (χ1n) is 5.73. The van der Waals surface area contributed by atoms with Crippen LogP contribution in [0.25, 0.3) is 0 Å². The Morgan fingerprint density at radius 2 is 2.28 bits per heavy atom. The number of anilines is 1. The topological polar surface area (TPSA) is 53.4 Å². The lowest BCUT2D eigenvalue weighted by Gasteiger charge is -2.28. The molecule has 1 N–H and O–H groups in total. The number of carboxylic acids is 1. The second-order valence-corrected chi connectivity index (χ2v) is 5.15. The smallest absolute Gasteiger partial charge is 0.335 e. The average molecular weight is 260 g/mol. The van der Waals surface area contributed by atoms with Gasteiger partial charge in [0.25, 0.3) is 0 Å². The molecule has 0 saturated carbocycles. The Hall–Kier alpha value is -1.88. The Bertz CT molecular complexity index is 581. The van der Waals surface area contributed by atoms with Gasteiger partial charge in [-0.25, -0.2) is 9.78 Å². The minimum atomic E-state index is -0.871. The van der Waals surface area contributed by atoms with E-state index in [-0.39, 0.29) is 0 Å². The van der Waals surface area contributed by atoms with E-state index in [0.717, 1.165) is 30.2 Å². The fraction of sp³-hybridized carbons (Fsp3) is 0.231. The maximum Gasteiger partial charge on any atom is 0.335 e. The highest BCUT2D eigenvalue weighted by Crippen LogP contribution is 2.26. The molecule has 2 heterocycles. The molecule has 1 aliphatic rings. The van der Waals surface area contributed by atoms with Crippen molar-refractivity contribution in [3.63, 3.8) is 0 Å². The van der Waals surface area contributed by atoms with Gasteiger partial charge in [0, 0.05) is 24.7 Å².